The number of rotatable bonds is 3. The summed E-state index contributed by atoms with van der Waals surface area (Å²) >= 11 is 1.36. The van der Waals surface area contributed by atoms with E-state index in [0.717, 1.165) is 5.69 Å². The van der Waals surface area contributed by atoms with E-state index in [-0.39, 0.29) is 11.9 Å². The highest BCUT2D eigenvalue weighted by Gasteiger charge is 2.15. The summed E-state index contributed by atoms with van der Waals surface area (Å²) in [6.07, 6.45) is 0. The number of thiazole rings is 1. The summed E-state index contributed by atoms with van der Waals surface area (Å²) < 4.78 is 5.32. The zero-order chi connectivity index (χ0) is 13.3. The topological polar surface area (TPSA) is 81.2 Å². The predicted octanol–water partition coefficient (Wildman–Crippen LogP) is 2.62. The Balaban J connectivity index is 2.13. The summed E-state index contributed by atoms with van der Waals surface area (Å²) in [6, 6.07) is 1.58. The zero-order valence-electron chi connectivity index (χ0n) is 10.5. The second kappa shape index (κ2) is 4.91. The lowest BCUT2D eigenvalue weighted by Gasteiger charge is -2.00. The number of carbonyl (C=O) groups excluding carboxylic acids is 1. The van der Waals surface area contributed by atoms with Gasteiger partial charge < -0.3 is 10.2 Å². The zero-order valence-corrected chi connectivity index (χ0v) is 11.3. The maximum Gasteiger partial charge on any atom is 0.260 e. The largest absolute Gasteiger partial charge is 0.466 e. The maximum atomic E-state index is 12.0. The highest BCUT2D eigenvalue weighted by atomic mass is 32.1. The first-order valence-corrected chi connectivity index (χ1v) is 6.44. The smallest absolute Gasteiger partial charge is 0.260 e. The van der Waals surface area contributed by atoms with Crippen molar-refractivity contribution in [1.82, 2.24) is 4.98 Å². The minimum atomic E-state index is -0.213. The molecule has 0 aliphatic heterocycles. The van der Waals surface area contributed by atoms with Crippen molar-refractivity contribution < 1.29 is 9.21 Å². The molecule has 0 spiro atoms. The monoisotopic (exact) mass is 265 g/mol. The molecule has 1 unspecified atom stereocenters. The van der Waals surface area contributed by atoms with E-state index in [1.54, 1.807) is 19.9 Å². The Hall–Kier alpha value is -1.66. The second-order valence-electron chi connectivity index (χ2n) is 4.15. The summed E-state index contributed by atoms with van der Waals surface area (Å²) in [7, 11) is 0. The van der Waals surface area contributed by atoms with Crippen LogP contribution in [0.3, 0.4) is 0 Å². The van der Waals surface area contributed by atoms with Crippen LogP contribution in [0.1, 0.15) is 40.5 Å². The van der Waals surface area contributed by atoms with Crippen molar-refractivity contribution in [3.63, 3.8) is 0 Å². The third kappa shape index (κ3) is 2.60. The van der Waals surface area contributed by atoms with Gasteiger partial charge in [-0.1, -0.05) is 0 Å². The third-order valence-electron chi connectivity index (χ3n) is 2.49. The minimum Gasteiger partial charge on any atom is -0.466 e. The fourth-order valence-corrected chi connectivity index (χ4v) is 2.38. The molecule has 2 heterocycles. The van der Waals surface area contributed by atoms with E-state index < -0.39 is 0 Å². The molecule has 2 rings (SSSR count). The van der Waals surface area contributed by atoms with Crippen molar-refractivity contribution in [2.75, 3.05) is 5.32 Å². The van der Waals surface area contributed by atoms with Crippen LogP contribution < -0.4 is 11.1 Å². The minimum absolute atomic E-state index is 0.134. The first-order valence-electron chi connectivity index (χ1n) is 5.56. The van der Waals surface area contributed by atoms with Gasteiger partial charge >= 0.3 is 0 Å². The van der Waals surface area contributed by atoms with Crippen LogP contribution in [0.5, 0.6) is 0 Å². The molecule has 0 fully saturated rings. The molecule has 96 valence electrons. The first kappa shape index (κ1) is 12.8. The van der Waals surface area contributed by atoms with Crippen molar-refractivity contribution in [3.05, 3.63) is 34.2 Å². The molecule has 0 saturated heterocycles. The standard InChI is InChI=1S/C12H15N3O2S/c1-6-4-9(8(3)17-6)11(16)15-12-14-10(5-18-12)7(2)13/h4-5,7H,13H2,1-3H3,(H,14,15,16). The number of anilines is 1. The number of hydrogen-bond donors (Lipinski definition) is 2. The van der Waals surface area contributed by atoms with Crippen molar-refractivity contribution in [2.45, 2.75) is 26.8 Å². The van der Waals surface area contributed by atoms with Crippen LogP contribution in [0.2, 0.25) is 0 Å². The molecule has 2 aromatic heterocycles. The number of nitrogens with one attached hydrogen (secondary N) is 1. The average molecular weight is 265 g/mol. The number of hydrogen-bond acceptors (Lipinski definition) is 5. The normalized spacial score (nSPS) is 12.4. The van der Waals surface area contributed by atoms with E-state index >= 15 is 0 Å². The fourth-order valence-electron chi connectivity index (χ4n) is 1.57. The van der Waals surface area contributed by atoms with Gasteiger partial charge in [0.1, 0.15) is 11.5 Å². The summed E-state index contributed by atoms with van der Waals surface area (Å²) in [6.45, 7) is 5.42. The summed E-state index contributed by atoms with van der Waals surface area (Å²) in [5, 5.41) is 5.13. The Kier molecular flexibility index (Phi) is 3.49. The summed E-state index contributed by atoms with van der Waals surface area (Å²) in [5.74, 6) is 1.11. The van der Waals surface area contributed by atoms with Gasteiger partial charge in [0.2, 0.25) is 0 Å². The van der Waals surface area contributed by atoms with Crippen molar-refractivity contribution in [3.8, 4) is 0 Å². The van der Waals surface area contributed by atoms with Gasteiger partial charge in [-0.3, -0.25) is 10.1 Å². The summed E-state index contributed by atoms with van der Waals surface area (Å²) in [4.78, 5) is 16.2. The van der Waals surface area contributed by atoms with Crippen molar-refractivity contribution in [1.29, 1.82) is 0 Å². The summed E-state index contributed by atoms with van der Waals surface area (Å²) in [5.41, 5.74) is 7.02. The third-order valence-corrected chi connectivity index (χ3v) is 3.27. The van der Waals surface area contributed by atoms with Crippen LogP contribution in [-0.4, -0.2) is 10.9 Å². The molecule has 0 aromatic carbocycles. The van der Waals surface area contributed by atoms with Gasteiger partial charge in [-0.25, -0.2) is 4.98 Å². The van der Waals surface area contributed by atoms with E-state index in [1.807, 2.05) is 12.3 Å². The SMILES string of the molecule is Cc1cc(C(=O)Nc2nc(C(C)N)cs2)c(C)o1. The highest BCUT2D eigenvalue weighted by molar-refractivity contribution is 7.14. The molecule has 6 heteroatoms. The quantitative estimate of drug-likeness (QED) is 0.893. The van der Waals surface area contributed by atoms with Gasteiger partial charge in [0.15, 0.2) is 5.13 Å². The van der Waals surface area contributed by atoms with Gasteiger partial charge in [0.25, 0.3) is 5.91 Å². The van der Waals surface area contributed by atoms with E-state index in [2.05, 4.69) is 10.3 Å². The molecule has 0 aliphatic rings. The van der Waals surface area contributed by atoms with E-state index in [9.17, 15) is 4.79 Å². The molecule has 0 radical (unpaired) electrons. The van der Waals surface area contributed by atoms with Gasteiger partial charge in [-0.15, -0.1) is 11.3 Å². The molecule has 1 amide bonds. The van der Waals surface area contributed by atoms with Crippen molar-refractivity contribution in [2.24, 2.45) is 5.73 Å². The lowest BCUT2D eigenvalue weighted by Crippen LogP contribution is -2.12. The number of furan rings is 1. The van der Waals surface area contributed by atoms with Crippen LogP contribution in [0.4, 0.5) is 5.13 Å². The van der Waals surface area contributed by atoms with Crippen LogP contribution in [0.25, 0.3) is 0 Å². The van der Waals surface area contributed by atoms with Crippen LogP contribution >= 0.6 is 11.3 Å². The van der Waals surface area contributed by atoms with Gasteiger partial charge in [-0.05, 0) is 26.8 Å². The molecule has 2 aromatic rings. The molecule has 18 heavy (non-hydrogen) atoms. The molecule has 3 N–H and O–H groups in total. The lowest BCUT2D eigenvalue weighted by atomic mass is 10.2. The molecule has 1 atom stereocenters. The fraction of sp³-hybridized carbons (Fsp3) is 0.333. The molecule has 0 bridgehead atoms. The number of nitrogens with two attached hydrogens (primary N) is 1. The molecule has 0 aliphatic carbocycles. The average Bonchev–Trinajstić information content (AvgIpc) is 2.85. The van der Waals surface area contributed by atoms with Gasteiger partial charge in [0, 0.05) is 11.4 Å². The van der Waals surface area contributed by atoms with E-state index in [1.165, 1.54) is 11.3 Å². The second-order valence-corrected chi connectivity index (χ2v) is 5.01. The van der Waals surface area contributed by atoms with E-state index in [0.29, 0.717) is 22.2 Å². The number of carbonyl (C=O) groups is 1. The Bertz CT molecular complexity index is 572. The van der Waals surface area contributed by atoms with E-state index in [4.69, 9.17) is 10.2 Å². The molecular weight excluding hydrogens is 250 g/mol. The van der Waals surface area contributed by atoms with Gasteiger partial charge in [0.05, 0.1) is 11.3 Å². The number of aryl methyl sites for hydroxylation is 2. The molecular formula is C12H15N3O2S. The Labute approximate surface area is 109 Å². The highest BCUT2D eigenvalue weighted by Crippen LogP contribution is 2.21. The lowest BCUT2D eigenvalue weighted by molar-refractivity contribution is 0.102. The first-order chi connectivity index (χ1) is 8.47. The van der Waals surface area contributed by atoms with Crippen molar-refractivity contribution >= 4 is 22.4 Å². The number of nitrogens with zero attached hydrogens (tertiary/aromatic N) is 1. The Morgan fingerprint density at radius 2 is 2.28 bits per heavy atom. The Morgan fingerprint density at radius 3 is 2.78 bits per heavy atom. The Morgan fingerprint density at radius 1 is 1.56 bits per heavy atom. The van der Waals surface area contributed by atoms with Crippen LogP contribution in [0.15, 0.2) is 15.9 Å². The molecule has 0 saturated carbocycles. The number of amides is 1. The van der Waals surface area contributed by atoms with Crippen LogP contribution in [0, 0.1) is 13.8 Å². The number of aromatic nitrogens is 1. The van der Waals surface area contributed by atoms with Gasteiger partial charge in [-0.2, -0.15) is 0 Å². The maximum absolute atomic E-state index is 12.0. The molecule has 5 nitrogen and oxygen atoms in total. The predicted molar refractivity (Wildman–Crippen MR) is 70.9 cm³/mol. The van der Waals surface area contributed by atoms with Crippen LogP contribution in [-0.2, 0) is 0 Å².